The van der Waals surface area contributed by atoms with Crippen molar-refractivity contribution < 1.29 is 0 Å². The Bertz CT molecular complexity index is 5640. The Kier molecular flexibility index (Phi) is 10.6. The van der Waals surface area contributed by atoms with Crippen LogP contribution in [0.15, 0.2) is 309 Å². The van der Waals surface area contributed by atoms with Crippen LogP contribution in [0.25, 0.3) is 171 Å². The smallest absolute Gasteiger partial charge is 0.163 e. The van der Waals surface area contributed by atoms with Crippen LogP contribution in [0.4, 0.5) is 0 Å². The summed E-state index contributed by atoms with van der Waals surface area (Å²) in [5.74, 6) is 2.23. The largest absolute Gasteiger partial charge is 0.309 e. The Morgan fingerprint density at radius 1 is 0.169 bits per heavy atom. The minimum absolute atomic E-state index is 0.636. The summed E-state index contributed by atoms with van der Waals surface area (Å²) >= 11 is 0. The molecule has 7 heteroatoms. The fourth-order valence-electron chi connectivity index (χ4n) is 14.6. The van der Waals surface area contributed by atoms with Gasteiger partial charge in [-0.15, -0.1) is 0 Å². The highest BCUT2D eigenvalue weighted by Gasteiger charge is 2.22. The van der Waals surface area contributed by atoms with Crippen molar-refractivity contribution >= 4 is 109 Å². The molecule has 414 valence electrons. The predicted octanol–water partition coefficient (Wildman–Crippen LogP) is 21.0. The zero-order valence-corrected chi connectivity index (χ0v) is 48.1. The van der Waals surface area contributed by atoms with Crippen LogP contribution in [0.2, 0.25) is 0 Å². The fraction of sp³-hybridized carbons (Fsp3) is 0. The van der Waals surface area contributed by atoms with Crippen LogP contribution in [-0.2, 0) is 0 Å². The molecule has 0 spiro atoms. The van der Waals surface area contributed by atoms with E-state index in [1.807, 2.05) is 0 Å². The standard InChI is InChI=1S/C82H51N7/c1-3-19-57(20-4-1)85-70-29-13-11-27-64(70)66-47-53(37-43-76(66)85)55-39-45-78-68(49-55)69-50-56(54-38-44-77-67(48-54)65-28-12-14-30-71(65)86(77)58-21-5-2-6-22-58)40-46-79(69)87(78)59-41-35-52(36-42-59)82-83-80(88-72-31-15-7-23-60(72)61-24-8-16-32-73(61)88)51-81(84-82)89-74-33-17-9-25-62(74)63-26-10-18-34-75(63)89/h1-51H. The zero-order valence-electron chi connectivity index (χ0n) is 48.1. The van der Waals surface area contributed by atoms with Gasteiger partial charge in [-0.3, -0.25) is 9.13 Å². The molecule has 19 aromatic rings. The van der Waals surface area contributed by atoms with Gasteiger partial charge in [0.15, 0.2) is 5.82 Å². The maximum atomic E-state index is 5.52. The molecule has 0 saturated heterocycles. The van der Waals surface area contributed by atoms with E-state index in [9.17, 15) is 0 Å². The highest BCUT2D eigenvalue weighted by molar-refractivity contribution is 6.16. The lowest BCUT2D eigenvalue weighted by atomic mass is 9.98. The summed E-state index contributed by atoms with van der Waals surface area (Å²) < 4.78 is 11.8. The van der Waals surface area contributed by atoms with Crippen molar-refractivity contribution in [3.8, 4) is 62.3 Å². The number of aromatic nitrogens is 7. The number of hydrogen-bond acceptors (Lipinski definition) is 2. The number of para-hydroxylation sites is 8. The second kappa shape index (κ2) is 19.2. The lowest BCUT2D eigenvalue weighted by Crippen LogP contribution is -2.06. The molecule has 0 atom stereocenters. The molecule has 13 aromatic carbocycles. The van der Waals surface area contributed by atoms with E-state index in [2.05, 4.69) is 332 Å². The summed E-state index contributed by atoms with van der Waals surface area (Å²) in [6.45, 7) is 0. The molecule has 0 aliphatic heterocycles. The number of fused-ring (bicyclic) bond motifs is 15. The topological polar surface area (TPSA) is 50.4 Å². The molecule has 0 radical (unpaired) electrons. The van der Waals surface area contributed by atoms with E-state index in [4.69, 9.17) is 9.97 Å². The van der Waals surface area contributed by atoms with E-state index >= 15 is 0 Å². The summed E-state index contributed by atoms with van der Waals surface area (Å²) in [4.78, 5) is 11.0. The maximum Gasteiger partial charge on any atom is 0.163 e. The number of nitrogens with zero attached hydrogens (tertiary/aromatic N) is 7. The van der Waals surface area contributed by atoms with Crippen molar-refractivity contribution in [3.63, 3.8) is 0 Å². The number of rotatable bonds is 8. The molecule has 0 saturated carbocycles. The number of hydrogen-bond donors (Lipinski definition) is 0. The summed E-state index contributed by atoms with van der Waals surface area (Å²) in [5.41, 5.74) is 20.3. The molecule has 0 fully saturated rings. The Morgan fingerprint density at radius 2 is 0.404 bits per heavy atom. The van der Waals surface area contributed by atoms with Gasteiger partial charge in [-0.25, -0.2) is 9.97 Å². The monoisotopic (exact) mass is 1130 g/mol. The van der Waals surface area contributed by atoms with Crippen LogP contribution in [-0.4, -0.2) is 32.8 Å². The maximum absolute atomic E-state index is 5.52. The predicted molar refractivity (Wildman–Crippen MR) is 370 cm³/mol. The van der Waals surface area contributed by atoms with Gasteiger partial charge < -0.3 is 13.7 Å². The van der Waals surface area contributed by atoms with Gasteiger partial charge in [-0.1, -0.05) is 170 Å². The van der Waals surface area contributed by atoms with Crippen molar-refractivity contribution in [3.05, 3.63) is 309 Å². The molecule has 6 heterocycles. The highest BCUT2D eigenvalue weighted by Crippen LogP contribution is 2.43. The van der Waals surface area contributed by atoms with Gasteiger partial charge in [0.2, 0.25) is 0 Å². The molecule has 0 bridgehead atoms. The van der Waals surface area contributed by atoms with Crippen molar-refractivity contribution in [1.82, 2.24) is 32.8 Å². The first kappa shape index (κ1) is 49.2. The van der Waals surface area contributed by atoms with Crippen LogP contribution in [0.1, 0.15) is 0 Å². The molecule has 0 amide bonds. The minimum atomic E-state index is 0.636. The second-order valence-corrected chi connectivity index (χ2v) is 23.3. The molecule has 0 aliphatic rings. The molecular formula is C82H51N7. The van der Waals surface area contributed by atoms with Crippen molar-refractivity contribution in [2.24, 2.45) is 0 Å². The highest BCUT2D eigenvalue weighted by atomic mass is 15.1. The van der Waals surface area contributed by atoms with Gasteiger partial charge in [0, 0.05) is 82.6 Å². The molecule has 7 nitrogen and oxygen atoms in total. The van der Waals surface area contributed by atoms with Gasteiger partial charge in [0.1, 0.15) is 11.6 Å². The third-order valence-electron chi connectivity index (χ3n) is 18.5. The minimum Gasteiger partial charge on any atom is -0.309 e. The lowest BCUT2D eigenvalue weighted by molar-refractivity contribution is 0.994. The van der Waals surface area contributed by atoms with Crippen LogP contribution < -0.4 is 0 Å². The summed E-state index contributed by atoms with van der Waals surface area (Å²) in [6, 6.07) is 112. The van der Waals surface area contributed by atoms with Crippen molar-refractivity contribution in [2.75, 3.05) is 0 Å². The van der Waals surface area contributed by atoms with Crippen molar-refractivity contribution in [1.29, 1.82) is 0 Å². The van der Waals surface area contributed by atoms with Gasteiger partial charge >= 0.3 is 0 Å². The Labute approximate surface area is 510 Å². The molecule has 0 unspecified atom stereocenters. The SMILES string of the molecule is c1ccc(-n2c3ccccc3c3cc(-c4ccc5c(c4)c4cc(-c6ccc7c(c6)c6ccccc6n7-c6ccccc6)ccc4n5-c4ccc(-c5nc(-n6c7ccccc7c7ccccc76)cc(-n6c7ccccc7c7ccccc76)n5)cc4)ccc32)cc1. The molecule has 89 heavy (non-hydrogen) atoms. The van der Waals surface area contributed by atoms with Crippen LogP contribution in [0.3, 0.4) is 0 Å². The van der Waals surface area contributed by atoms with E-state index in [0.717, 1.165) is 78.5 Å². The first-order chi connectivity index (χ1) is 44.1. The number of benzene rings is 13. The Balaban J connectivity index is 0.794. The first-order valence-corrected chi connectivity index (χ1v) is 30.4. The van der Waals surface area contributed by atoms with Gasteiger partial charge in [-0.2, -0.15) is 0 Å². The van der Waals surface area contributed by atoms with E-state index in [1.165, 1.54) is 87.1 Å². The average Bonchev–Trinajstić information content (AvgIpc) is 2.48. The van der Waals surface area contributed by atoms with Crippen LogP contribution in [0, 0.1) is 0 Å². The zero-order chi connectivity index (χ0) is 58.3. The first-order valence-electron chi connectivity index (χ1n) is 30.4. The quantitative estimate of drug-likeness (QED) is 0.152. The molecule has 19 rings (SSSR count). The van der Waals surface area contributed by atoms with Crippen molar-refractivity contribution in [2.45, 2.75) is 0 Å². The van der Waals surface area contributed by atoms with Gasteiger partial charge in [0.25, 0.3) is 0 Å². The summed E-state index contributed by atoms with van der Waals surface area (Å²) in [6.07, 6.45) is 0. The summed E-state index contributed by atoms with van der Waals surface area (Å²) in [7, 11) is 0. The van der Waals surface area contributed by atoms with Crippen LogP contribution in [0.5, 0.6) is 0 Å². The molecule has 0 aliphatic carbocycles. The third kappa shape index (κ3) is 7.46. The Morgan fingerprint density at radius 3 is 0.730 bits per heavy atom. The van der Waals surface area contributed by atoms with E-state index < -0.39 is 0 Å². The van der Waals surface area contributed by atoms with E-state index in [1.54, 1.807) is 0 Å². The lowest BCUT2D eigenvalue weighted by Gasteiger charge is -2.14. The average molecular weight is 1130 g/mol. The van der Waals surface area contributed by atoms with Gasteiger partial charge in [-0.05, 0) is 156 Å². The van der Waals surface area contributed by atoms with E-state index in [0.29, 0.717) is 5.82 Å². The third-order valence-corrected chi connectivity index (χ3v) is 18.5. The normalized spacial score (nSPS) is 12.0. The van der Waals surface area contributed by atoms with E-state index in [-0.39, 0.29) is 0 Å². The Hall–Kier alpha value is -12.1. The fourth-order valence-corrected chi connectivity index (χ4v) is 14.6. The summed E-state index contributed by atoms with van der Waals surface area (Å²) in [5, 5.41) is 12.0. The molecular weight excluding hydrogens is 1080 g/mol. The van der Waals surface area contributed by atoms with Crippen LogP contribution >= 0.6 is 0 Å². The molecule has 0 N–H and O–H groups in total. The van der Waals surface area contributed by atoms with Gasteiger partial charge in [0.05, 0.1) is 55.2 Å². The molecule has 6 aromatic heterocycles. The second-order valence-electron chi connectivity index (χ2n) is 23.3.